The number of hydrogen-bond acceptors (Lipinski definition) is 5. The molecule has 0 aromatic carbocycles. The van der Waals surface area contributed by atoms with Crippen molar-refractivity contribution in [3.8, 4) is 0 Å². The van der Waals surface area contributed by atoms with Crippen molar-refractivity contribution in [1.29, 1.82) is 0 Å². The zero-order valence-corrected chi connectivity index (χ0v) is 12.6. The highest BCUT2D eigenvalue weighted by Crippen LogP contribution is 2.30. The van der Waals surface area contributed by atoms with Gasteiger partial charge < -0.3 is 15.0 Å². The van der Waals surface area contributed by atoms with Crippen LogP contribution in [-0.4, -0.2) is 48.0 Å². The Kier molecular flexibility index (Phi) is 3.69. The van der Waals surface area contributed by atoms with Crippen molar-refractivity contribution in [2.75, 3.05) is 31.6 Å². The SMILES string of the molecule is CCC(C)(OC)c1nc(N2CC3CCCNC3C2)n[nH]1. The molecule has 0 spiro atoms. The zero-order chi connectivity index (χ0) is 14.2. The summed E-state index contributed by atoms with van der Waals surface area (Å²) in [6.07, 6.45) is 3.47. The first-order valence-corrected chi connectivity index (χ1v) is 7.62. The summed E-state index contributed by atoms with van der Waals surface area (Å²) in [7, 11) is 1.72. The molecule has 2 fully saturated rings. The van der Waals surface area contributed by atoms with Gasteiger partial charge in [-0.2, -0.15) is 4.98 Å². The molecule has 0 radical (unpaired) electrons. The van der Waals surface area contributed by atoms with E-state index in [1.807, 2.05) is 6.92 Å². The molecule has 20 heavy (non-hydrogen) atoms. The molecule has 0 amide bonds. The van der Waals surface area contributed by atoms with Crippen LogP contribution in [-0.2, 0) is 10.3 Å². The summed E-state index contributed by atoms with van der Waals surface area (Å²) < 4.78 is 5.58. The number of ether oxygens (including phenoxy) is 1. The maximum absolute atomic E-state index is 5.58. The highest BCUT2D eigenvalue weighted by molar-refractivity contribution is 5.33. The second-order valence-corrected chi connectivity index (χ2v) is 6.14. The lowest BCUT2D eigenvalue weighted by Gasteiger charge is -2.24. The molecule has 3 rings (SSSR count). The first-order chi connectivity index (χ1) is 9.66. The van der Waals surface area contributed by atoms with Gasteiger partial charge in [-0.15, -0.1) is 5.10 Å². The molecule has 1 aromatic heterocycles. The van der Waals surface area contributed by atoms with E-state index in [4.69, 9.17) is 4.74 Å². The largest absolute Gasteiger partial charge is 0.371 e. The molecule has 2 N–H and O–H groups in total. The maximum Gasteiger partial charge on any atom is 0.244 e. The average molecular weight is 279 g/mol. The summed E-state index contributed by atoms with van der Waals surface area (Å²) in [5.74, 6) is 2.37. The Morgan fingerprint density at radius 2 is 2.30 bits per heavy atom. The fourth-order valence-corrected chi connectivity index (χ4v) is 3.25. The molecule has 2 aliphatic rings. The molecule has 112 valence electrons. The number of fused-ring (bicyclic) bond motifs is 1. The molecule has 0 saturated carbocycles. The summed E-state index contributed by atoms with van der Waals surface area (Å²) in [5, 5.41) is 11.1. The van der Waals surface area contributed by atoms with Gasteiger partial charge >= 0.3 is 0 Å². The monoisotopic (exact) mass is 279 g/mol. The van der Waals surface area contributed by atoms with E-state index in [9.17, 15) is 0 Å². The van der Waals surface area contributed by atoms with Crippen LogP contribution in [0.1, 0.15) is 38.9 Å². The lowest BCUT2D eigenvalue weighted by molar-refractivity contribution is -0.00864. The Balaban J connectivity index is 1.74. The molecule has 6 heteroatoms. The Labute approximate surface area is 120 Å². The van der Waals surface area contributed by atoms with E-state index >= 15 is 0 Å². The number of nitrogens with one attached hydrogen (secondary N) is 2. The number of aromatic amines is 1. The lowest BCUT2D eigenvalue weighted by atomic mass is 9.94. The first-order valence-electron chi connectivity index (χ1n) is 7.62. The highest BCUT2D eigenvalue weighted by Gasteiger charge is 2.36. The highest BCUT2D eigenvalue weighted by atomic mass is 16.5. The van der Waals surface area contributed by atoms with Crippen molar-refractivity contribution in [1.82, 2.24) is 20.5 Å². The number of rotatable bonds is 4. The third-order valence-electron chi connectivity index (χ3n) is 4.98. The van der Waals surface area contributed by atoms with E-state index in [2.05, 4.69) is 32.3 Å². The molecular weight excluding hydrogens is 254 g/mol. The maximum atomic E-state index is 5.58. The minimum Gasteiger partial charge on any atom is -0.371 e. The van der Waals surface area contributed by atoms with Crippen LogP contribution in [0.15, 0.2) is 0 Å². The van der Waals surface area contributed by atoms with Crippen molar-refractivity contribution < 1.29 is 4.74 Å². The summed E-state index contributed by atoms with van der Waals surface area (Å²) in [6, 6.07) is 0.602. The Morgan fingerprint density at radius 3 is 3.00 bits per heavy atom. The minimum atomic E-state index is -0.379. The van der Waals surface area contributed by atoms with E-state index in [0.29, 0.717) is 6.04 Å². The van der Waals surface area contributed by atoms with Gasteiger partial charge in [0.1, 0.15) is 5.60 Å². The summed E-state index contributed by atoms with van der Waals surface area (Å²) in [4.78, 5) is 6.96. The van der Waals surface area contributed by atoms with Gasteiger partial charge in [0.05, 0.1) is 0 Å². The van der Waals surface area contributed by atoms with E-state index in [1.165, 1.54) is 12.8 Å². The normalized spacial score (nSPS) is 29.2. The van der Waals surface area contributed by atoms with Crippen LogP contribution in [0.4, 0.5) is 5.95 Å². The fourth-order valence-electron chi connectivity index (χ4n) is 3.25. The van der Waals surface area contributed by atoms with Gasteiger partial charge in [-0.25, -0.2) is 0 Å². The Bertz CT molecular complexity index is 442. The number of anilines is 1. The van der Waals surface area contributed by atoms with Crippen LogP contribution < -0.4 is 10.2 Å². The van der Waals surface area contributed by atoms with Crippen molar-refractivity contribution in [2.24, 2.45) is 5.92 Å². The van der Waals surface area contributed by atoms with Gasteiger partial charge in [-0.3, -0.25) is 5.10 Å². The van der Waals surface area contributed by atoms with Gasteiger partial charge in [-0.1, -0.05) is 6.92 Å². The van der Waals surface area contributed by atoms with E-state index in [0.717, 1.165) is 43.7 Å². The van der Waals surface area contributed by atoms with Gasteiger partial charge in [0.25, 0.3) is 0 Å². The number of nitrogens with zero attached hydrogens (tertiary/aromatic N) is 3. The predicted octanol–water partition coefficient (Wildman–Crippen LogP) is 1.26. The lowest BCUT2D eigenvalue weighted by Crippen LogP contribution is -2.40. The van der Waals surface area contributed by atoms with Gasteiger partial charge in [0.15, 0.2) is 5.82 Å². The van der Waals surface area contributed by atoms with Crippen LogP contribution in [0.5, 0.6) is 0 Å². The molecule has 1 aromatic rings. The van der Waals surface area contributed by atoms with Crippen molar-refractivity contribution in [3.63, 3.8) is 0 Å². The summed E-state index contributed by atoms with van der Waals surface area (Å²) >= 11 is 0. The van der Waals surface area contributed by atoms with Crippen molar-refractivity contribution >= 4 is 5.95 Å². The van der Waals surface area contributed by atoms with Crippen molar-refractivity contribution in [2.45, 2.75) is 44.8 Å². The molecule has 2 aliphatic heterocycles. The Hall–Kier alpha value is -1.14. The second kappa shape index (κ2) is 5.33. The first kappa shape index (κ1) is 13.8. The standard InChI is InChI=1S/C14H25N5O/c1-4-14(2,20-3)12-16-13(18-17-12)19-8-10-6-5-7-15-11(10)9-19/h10-11,15H,4-9H2,1-3H3,(H,16,17,18). The topological polar surface area (TPSA) is 66.1 Å². The van der Waals surface area contributed by atoms with Crippen LogP contribution in [0, 0.1) is 5.92 Å². The van der Waals surface area contributed by atoms with Crippen LogP contribution in [0.3, 0.4) is 0 Å². The van der Waals surface area contributed by atoms with Gasteiger partial charge in [0, 0.05) is 26.2 Å². The molecule has 2 saturated heterocycles. The predicted molar refractivity (Wildman–Crippen MR) is 77.8 cm³/mol. The van der Waals surface area contributed by atoms with Crippen LogP contribution in [0.2, 0.25) is 0 Å². The van der Waals surface area contributed by atoms with Gasteiger partial charge in [-0.05, 0) is 38.6 Å². The van der Waals surface area contributed by atoms with E-state index in [-0.39, 0.29) is 5.60 Å². The smallest absolute Gasteiger partial charge is 0.244 e. The molecule has 3 atom stereocenters. The zero-order valence-electron chi connectivity index (χ0n) is 12.6. The van der Waals surface area contributed by atoms with Crippen molar-refractivity contribution in [3.05, 3.63) is 5.82 Å². The summed E-state index contributed by atoms with van der Waals surface area (Å²) in [5.41, 5.74) is -0.379. The van der Waals surface area contributed by atoms with Crippen LogP contribution >= 0.6 is 0 Å². The van der Waals surface area contributed by atoms with Gasteiger partial charge in [0.2, 0.25) is 5.95 Å². The molecule has 3 heterocycles. The Morgan fingerprint density at radius 1 is 1.45 bits per heavy atom. The molecule has 3 unspecified atom stereocenters. The fraction of sp³-hybridized carbons (Fsp3) is 0.857. The number of piperidine rings is 1. The molecular formula is C14H25N5O. The minimum absolute atomic E-state index is 0.379. The molecule has 6 nitrogen and oxygen atoms in total. The van der Waals surface area contributed by atoms with E-state index < -0.39 is 0 Å². The quantitative estimate of drug-likeness (QED) is 0.869. The molecule has 0 aliphatic carbocycles. The third kappa shape index (κ3) is 2.31. The van der Waals surface area contributed by atoms with E-state index in [1.54, 1.807) is 7.11 Å². The number of methoxy groups -OCH3 is 1. The number of hydrogen-bond donors (Lipinski definition) is 2. The summed E-state index contributed by atoms with van der Waals surface area (Å²) in [6.45, 7) is 7.36. The molecule has 0 bridgehead atoms. The van der Waals surface area contributed by atoms with Crippen LogP contribution in [0.25, 0.3) is 0 Å². The third-order valence-corrected chi connectivity index (χ3v) is 4.98. The second-order valence-electron chi connectivity index (χ2n) is 6.14. The number of aromatic nitrogens is 3. The average Bonchev–Trinajstić information content (AvgIpc) is 3.12. The number of H-pyrrole nitrogens is 1.